The first-order valence-corrected chi connectivity index (χ1v) is 8.43. The van der Waals surface area contributed by atoms with Crippen LogP contribution in [0.1, 0.15) is 5.69 Å². The molecule has 0 radical (unpaired) electrons. The predicted octanol–water partition coefficient (Wildman–Crippen LogP) is 1.32. The average molecular weight is 335 g/mol. The molecule has 3 rings (SSSR count). The second-order valence-electron chi connectivity index (χ2n) is 4.69. The number of amides is 1. The zero-order valence-corrected chi connectivity index (χ0v) is 13.0. The molecule has 0 spiro atoms. The molecule has 2 atom stereocenters. The molecule has 0 aliphatic carbocycles. The van der Waals surface area contributed by atoms with Crippen molar-refractivity contribution in [2.45, 2.75) is 11.4 Å². The van der Waals surface area contributed by atoms with Gasteiger partial charge in [-0.1, -0.05) is 17.8 Å². The quantitative estimate of drug-likeness (QED) is 0.801. The number of aromatic nitrogens is 1. The summed E-state index contributed by atoms with van der Waals surface area (Å²) in [6.07, 6.45) is 3.49. The monoisotopic (exact) mass is 335 g/mol. The fourth-order valence-corrected chi connectivity index (χ4v) is 4.52. The molecule has 8 heteroatoms. The van der Waals surface area contributed by atoms with Gasteiger partial charge in [-0.25, -0.2) is 4.79 Å². The highest BCUT2D eigenvalue weighted by Crippen LogP contribution is 2.42. The van der Waals surface area contributed by atoms with E-state index in [1.807, 2.05) is 18.2 Å². The van der Waals surface area contributed by atoms with Crippen LogP contribution in [0.3, 0.4) is 0 Å². The number of nitrogens with zero attached hydrogens (tertiary/aromatic N) is 2. The number of carbonyl (C=O) groups excluding carboxylic acids is 1. The lowest BCUT2D eigenvalue weighted by Crippen LogP contribution is -2.68. The van der Waals surface area contributed by atoms with Gasteiger partial charge in [0.1, 0.15) is 17.1 Å². The van der Waals surface area contributed by atoms with Gasteiger partial charge < -0.3 is 10.8 Å². The van der Waals surface area contributed by atoms with Crippen molar-refractivity contribution in [1.29, 1.82) is 0 Å². The molecule has 2 aliphatic heterocycles. The number of pyridine rings is 1. The summed E-state index contributed by atoms with van der Waals surface area (Å²) in [6.45, 7) is 0. The third-order valence-electron chi connectivity index (χ3n) is 3.31. The van der Waals surface area contributed by atoms with Crippen LogP contribution in [0.5, 0.6) is 0 Å². The first kappa shape index (κ1) is 15.1. The Labute approximate surface area is 135 Å². The van der Waals surface area contributed by atoms with E-state index in [1.54, 1.807) is 17.7 Å². The van der Waals surface area contributed by atoms with Crippen LogP contribution in [-0.4, -0.2) is 44.0 Å². The highest BCUT2D eigenvalue weighted by atomic mass is 32.2. The van der Waals surface area contributed by atoms with Crippen molar-refractivity contribution in [2.24, 2.45) is 5.73 Å². The molecule has 1 aromatic rings. The van der Waals surface area contributed by atoms with E-state index < -0.39 is 12.0 Å². The normalized spacial score (nSPS) is 24.4. The van der Waals surface area contributed by atoms with E-state index in [0.29, 0.717) is 10.7 Å². The molecule has 3 N–H and O–H groups in total. The molecule has 1 saturated heterocycles. The zero-order chi connectivity index (χ0) is 15.7. The van der Waals surface area contributed by atoms with Gasteiger partial charge in [-0.3, -0.25) is 14.7 Å². The zero-order valence-electron chi connectivity index (χ0n) is 11.4. The number of carboxylic acid groups (broad SMARTS) is 1. The molecule has 0 aromatic carbocycles. The number of aliphatic carboxylic acids is 1. The molecule has 0 bridgehead atoms. The molecule has 22 heavy (non-hydrogen) atoms. The standard InChI is InChI=1S/C14H13N3O3S2/c15-10-12(18)17-11(14(19)20)9(7-22-13(10)17)21-6-4-8-3-1-2-5-16-8/h1-6,10,13H,7,15H2,(H,19,20)/b6-4-/t10?,13-/m1/s1. The summed E-state index contributed by atoms with van der Waals surface area (Å²) in [5, 5.41) is 10.9. The Balaban J connectivity index is 1.80. The second kappa shape index (κ2) is 6.15. The number of carbonyl (C=O) groups is 2. The molecule has 1 amide bonds. The number of thioether (sulfide) groups is 2. The van der Waals surface area contributed by atoms with Crippen molar-refractivity contribution in [2.75, 3.05) is 5.75 Å². The predicted molar refractivity (Wildman–Crippen MR) is 86.6 cm³/mol. The van der Waals surface area contributed by atoms with Crippen LogP contribution >= 0.6 is 23.5 Å². The minimum atomic E-state index is -1.10. The van der Waals surface area contributed by atoms with Crippen molar-refractivity contribution < 1.29 is 14.7 Å². The lowest BCUT2D eigenvalue weighted by Gasteiger charge is -2.47. The summed E-state index contributed by atoms with van der Waals surface area (Å²) >= 11 is 2.78. The van der Waals surface area contributed by atoms with Crippen molar-refractivity contribution in [3.8, 4) is 0 Å². The van der Waals surface area contributed by atoms with E-state index in [2.05, 4.69) is 4.98 Å². The average Bonchev–Trinajstić information content (AvgIpc) is 2.54. The van der Waals surface area contributed by atoms with Gasteiger partial charge in [0.15, 0.2) is 0 Å². The van der Waals surface area contributed by atoms with Crippen molar-refractivity contribution in [3.05, 3.63) is 46.1 Å². The third-order valence-corrected chi connectivity index (χ3v) is 5.69. The Hall–Kier alpha value is -1.77. The summed E-state index contributed by atoms with van der Waals surface area (Å²) in [5.41, 5.74) is 6.54. The molecule has 1 fully saturated rings. The van der Waals surface area contributed by atoms with Gasteiger partial charge in [0.25, 0.3) is 0 Å². The summed E-state index contributed by atoms with van der Waals surface area (Å²) < 4.78 is 0. The number of β-lactam (4-membered cyclic amide) rings is 1. The minimum Gasteiger partial charge on any atom is -0.477 e. The van der Waals surface area contributed by atoms with Crippen LogP contribution in [0.2, 0.25) is 0 Å². The van der Waals surface area contributed by atoms with Gasteiger partial charge >= 0.3 is 5.97 Å². The van der Waals surface area contributed by atoms with E-state index in [0.717, 1.165) is 5.69 Å². The van der Waals surface area contributed by atoms with Crippen molar-refractivity contribution in [1.82, 2.24) is 9.88 Å². The largest absolute Gasteiger partial charge is 0.477 e. The molecular formula is C14H13N3O3S2. The Morgan fingerprint density at radius 2 is 2.36 bits per heavy atom. The third kappa shape index (κ3) is 2.65. The highest BCUT2D eigenvalue weighted by Gasteiger charge is 2.51. The molecule has 6 nitrogen and oxygen atoms in total. The van der Waals surface area contributed by atoms with E-state index in [9.17, 15) is 14.7 Å². The summed E-state index contributed by atoms with van der Waals surface area (Å²) in [7, 11) is 0. The van der Waals surface area contributed by atoms with E-state index in [-0.39, 0.29) is 17.0 Å². The van der Waals surface area contributed by atoms with E-state index >= 15 is 0 Å². The first-order valence-electron chi connectivity index (χ1n) is 6.50. The maximum absolute atomic E-state index is 11.8. The number of fused-ring (bicyclic) bond motifs is 1. The van der Waals surface area contributed by atoms with Crippen LogP contribution in [0.4, 0.5) is 0 Å². The first-order chi connectivity index (χ1) is 10.6. The van der Waals surface area contributed by atoms with Crippen LogP contribution < -0.4 is 5.73 Å². The fraction of sp³-hybridized carbons (Fsp3) is 0.214. The highest BCUT2D eigenvalue weighted by molar-refractivity contribution is 8.08. The van der Waals surface area contributed by atoms with Gasteiger partial charge in [-0.2, -0.15) is 0 Å². The summed E-state index contributed by atoms with van der Waals surface area (Å²) in [5.74, 6) is -0.901. The number of carboxylic acids is 1. The molecule has 1 unspecified atom stereocenters. The Morgan fingerprint density at radius 1 is 1.55 bits per heavy atom. The minimum absolute atomic E-state index is 0.0473. The van der Waals surface area contributed by atoms with Crippen LogP contribution in [0.25, 0.3) is 6.08 Å². The smallest absolute Gasteiger partial charge is 0.353 e. The molecule has 114 valence electrons. The lowest BCUT2D eigenvalue weighted by atomic mass is 10.1. The molecule has 3 heterocycles. The molecular weight excluding hydrogens is 322 g/mol. The molecule has 1 aromatic heterocycles. The topological polar surface area (TPSA) is 96.5 Å². The summed E-state index contributed by atoms with van der Waals surface area (Å²) in [6, 6.07) is 4.95. The van der Waals surface area contributed by atoms with Gasteiger partial charge in [-0.05, 0) is 23.6 Å². The number of nitrogens with two attached hydrogens (primary N) is 1. The Morgan fingerprint density at radius 3 is 3.05 bits per heavy atom. The molecule has 0 saturated carbocycles. The number of hydrogen-bond donors (Lipinski definition) is 2. The lowest BCUT2D eigenvalue weighted by molar-refractivity contribution is -0.147. The maximum Gasteiger partial charge on any atom is 0.353 e. The maximum atomic E-state index is 11.8. The Kier molecular flexibility index (Phi) is 4.23. The molecule has 2 aliphatic rings. The van der Waals surface area contributed by atoms with E-state index in [1.165, 1.54) is 28.4 Å². The van der Waals surface area contributed by atoms with E-state index in [4.69, 9.17) is 5.73 Å². The van der Waals surface area contributed by atoms with Crippen LogP contribution in [0.15, 0.2) is 40.4 Å². The van der Waals surface area contributed by atoms with Gasteiger partial charge in [-0.15, -0.1) is 11.8 Å². The van der Waals surface area contributed by atoms with Crippen LogP contribution in [-0.2, 0) is 9.59 Å². The van der Waals surface area contributed by atoms with Gasteiger partial charge in [0.2, 0.25) is 5.91 Å². The van der Waals surface area contributed by atoms with Crippen molar-refractivity contribution >= 4 is 41.5 Å². The Bertz CT molecular complexity index is 675. The number of rotatable bonds is 4. The van der Waals surface area contributed by atoms with Crippen molar-refractivity contribution in [3.63, 3.8) is 0 Å². The fourth-order valence-electron chi connectivity index (χ4n) is 2.24. The van der Waals surface area contributed by atoms with Gasteiger partial charge in [0, 0.05) is 16.9 Å². The SMILES string of the molecule is NC1C(=O)N2C(C(=O)O)=C(S/C=C\c3ccccn3)CS[C@H]12. The second-order valence-corrected chi connectivity index (χ2v) is 6.79. The van der Waals surface area contributed by atoms with Gasteiger partial charge in [0.05, 0.1) is 5.69 Å². The summed E-state index contributed by atoms with van der Waals surface area (Å²) in [4.78, 5) is 29.4. The number of hydrogen-bond acceptors (Lipinski definition) is 6. The van der Waals surface area contributed by atoms with Crippen LogP contribution in [0, 0.1) is 0 Å².